The molecule has 0 aliphatic heterocycles. The fraction of sp³-hybridized carbons (Fsp3) is 0.111. The van der Waals surface area contributed by atoms with E-state index in [-0.39, 0.29) is 11.7 Å². The second-order valence-corrected chi connectivity index (χ2v) is 5.31. The first-order chi connectivity index (χ1) is 11.1. The summed E-state index contributed by atoms with van der Waals surface area (Å²) in [5, 5.41) is 6.98. The summed E-state index contributed by atoms with van der Waals surface area (Å²) in [4.78, 5) is 12.1. The molecule has 3 aromatic rings. The van der Waals surface area contributed by atoms with Gasteiger partial charge in [-0.1, -0.05) is 35.9 Å². The predicted molar refractivity (Wildman–Crippen MR) is 86.9 cm³/mol. The largest absolute Gasteiger partial charge is 0.305 e. The summed E-state index contributed by atoms with van der Waals surface area (Å²) in [5.41, 5.74) is 2.21. The first-order valence-corrected chi connectivity index (χ1v) is 7.27. The monoisotopic (exact) mass is 309 g/mol. The van der Waals surface area contributed by atoms with E-state index in [2.05, 4.69) is 10.4 Å². The van der Waals surface area contributed by atoms with Crippen molar-refractivity contribution < 1.29 is 9.18 Å². The molecule has 1 heterocycles. The van der Waals surface area contributed by atoms with Crippen molar-refractivity contribution in [3.8, 4) is 0 Å². The minimum absolute atomic E-state index is 0.221. The third-order valence-electron chi connectivity index (χ3n) is 3.49. The van der Waals surface area contributed by atoms with Gasteiger partial charge in [-0.15, -0.1) is 0 Å². The van der Waals surface area contributed by atoms with Gasteiger partial charge in [-0.05, 0) is 25.1 Å². The smallest absolute Gasteiger partial charge is 0.256 e. The molecule has 5 heteroatoms. The van der Waals surface area contributed by atoms with Gasteiger partial charge in [0.15, 0.2) is 5.82 Å². The number of rotatable bonds is 4. The van der Waals surface area contributed by atoms with Gasteiger partial charge in [-0.2, -0.15) is 5.10 Å². The molecule has 1 N–H and O–H groups in total. The maximum atomic E-state index is 13.6. The Morgan fingerprint density at radius 1 is 1.13 bits per heavy atom. The lowest BCUT2D eigenvalue weighted by atomic mass is 10.1. The molecule has 0 unspecified atom stereocenters. The molecule has 0 saturated carbocycles. The number of halogens is 1. The highest BCUT2D eigenvalue weighted by Gasteiger charge is 2.08. The zero-order valence-electron chi connectivity index (χ0n) is 12.7. The Bertz CT molecular complexity index is 824. The summed E-state index contributed by atoms with van der Waals surface area (Å²) in [6, 6.07) is 15.5. The number of benzene rings is 2. The van der Waals surface area contributed by atoms with Crippen LogP contribution in [0, 0.1) is 12.7 Å². The minimum atomic E-state index is -0.270. The normalized spacial score (nSPS) is 10.5. The van der Waals surface area contributed by atoms with Crippen molar-refractivity contribution in [2.45, 2.75) is 13.5 Å². The number of hydrogen-bond acceptors (Lipinski definition) is 2. The first kappa shape index (κ1) is 15.0. The second kappa shape index (κ2) is 6.44. The fourth-order valence-electron chi connectivity index (χ4n) is 2.21. The van der Waals surface area contributed by atoms with Gasteiger partial charge in [0.2, 0.25) is 0 Å². The molecule has 0 aliphatic rings. The van der Waals surface area contributed by atoms with Gasteiger partial charge in [0.25, 0.3) is 5.91 Å². The van der Waals surface area contributed by atoms with Gasteiger partial charge in [-0.25, -0.2) is 4.39 Å². The Balaban J connectivity index is 1.68. The molecule has 0 fully saturated rings. The Hall–Kier alpha value is -2.95. The van der Waals surface area contributed by atoms with Crippen molar-refractivity contribution in [3.63, 3.8) is 0 Å². The Kier molecular flexibility index (Phi) is 4.19. The van der Waals surface area contributed by atoms with Crippen LogP contribution in [0.5, 0.6) is 0 Å². The standard InChI is InChI=1S/C18H16FN3O/c1-13-6-8-14(9-7-13)18(23)20-17-10-11-22(21-17)12-15-4-2-3-5-16(15)19/h2-11H,12H2,1H3,(H,20,21,23). The Morgan fingerprint density at radius 3 is 2.61 bits per heavy atom. The van der Waals surface area contributed by atoms with Crippen molar-refractivity contribution in [2.24, 2.45) is 0 Å². The molecule has 0 radical (unpaired) electrons. The van der Waals surface area contributed by atoms with E-state index in [1.165, 1.54) is 6.07 Å². The van der Waals surface area contributed by atoms with Crippen LogP contribution < -0.4 is 5.32 Å². The lowest BCUT2D eigenvalue weighted by Crippen LogP contribution is -2.13. The summed E-state index contributed by atoms with van der Waals surface area (Å²) in [5.74, 6) is -0.0544. The summed E-state index contributed by atoms with van der Waals surface area (Å²) in [6.07, 6.45) is 1.71. The SMILES string of the molecule is Cc1ccc(C(=O)Nc2ccn(Cc3ccccc3F)n2)cc1. The van der Waals surface area contributed by atoms with Gasteiger partial charge >= 0.3 is 0 Å². The lowest BCUT2D eigenvalue weighted by molar-refractivity contribution is 0.102. The van der Waals surface area contributed by atoms with E-state index in [1.54, 1.807) is 47.3 Å². The summed E-state index contributed by atoms with van der Waals surface area (Å²) in [7, 11) is 0. The number of hydrogen-bond donors (Lipinski definition) is 1. The van der Waals surface area contributed by atoms with Gasteiger partial charge in [-0.3, -0.25) is 9.48 Å². The van der Waals surface area contributed by atoms with Crippen LogP contribution in [0.1, 0.15) is 21.5 Å². The Labute approximate surface area is 133 Å². The zero-order chi connectivity index (χ0) is 16.2. The van der Waals surface area contributed by atoms with Gasteiger partial charge in [0, 0.05) is 23.4 Å². The Morgan fingerprint density at radius 2 is 1.87 bits per heavy atom. The van der Waals surface area contributed by atoms with Gasteiger partial charge < -0.3 is 5.32 Å². The predicted octanol–water partition coefficient (Wildman–Crippen LogP) is 3.63. The number of nitrogens with one attached hydrogen (secondary N) is 1. The van der Waals surface area contributed by atoms with E-state index in [1.807, 2.05) is 19.1 Å². The topological polar surface area (TPSA) is 46.9 Å². The maximum Gasteiger partial charge on any atom is 0.256 e. The summed E-state index contributed by atoms with van der Waals surface area (Å²) < 4.78 is 15.2. The molecule has 1 aromatic heterocycles. The molecule has 0 aliphatic carbocycles. The van der Waals surface area contributed by atoms with Crippen molar-refractivity contribution >= 4 is 11.7 Å². The van der Waals surface area contributed by atoms with Crippen LogP contribution in [0.15, 0.2) is 60.8 Å². The number of carbonyl (C=O) groups excluding carboxylic acids is 1. The number of anilines is 1. The molecule has 116 valence electrons. The summed E-state index contributed by atoms with van der Waals surface area (Å²) >= 11 is 0. The molecule has 1 amide bonds. The third kappa shape index (κ3) is 3.63. The molecular formula is C18H16FN3O. The molecular weight excluding hydrogens is 293 g/mol. The lowest BCUT2D eigenvalue weighted by Gasteiger charge is -2.04. The number of aryl methyl sites for hydroxylation is 1. The van der Waals surface area contributed by atoms with Crippen LogP contribution in [0.2, 0.25) is 0 Å². The quantitative estimate of drug-likeness (QED) is 0.800. The molecule has 3 rings (SSSR count). The van der Waals surface area contributed by atoms with Crippen LogP contribution in [0.4, 0.5) is 10.2 Å². The molecule has 0 saturated heterocycles. The molecule has 0 atom stereocenters. The number of carbonyl (C=O) groups is 1. The first-order valence-electron chi connectivity index (χ1n) is 7.27. The molecule has 2 aromatic carbocycles. The van der Waals surface area contributed by atoms with E-state index >= 15 is 0 Å². The maximum absolute atomic E-state index is 13.6. The molecule has 4 nitrogen and oxygen atoms in total. The zero-order valence-corrected chi connectivity index (χ0v) is 12.7. The number of amides is 1. The van der Waals surface area contributed by atoms with Gasteiger partial charge in [0.1, 0.15) is 5.82 Å². The van der Waals surface area contributed by atoms with E-state index in [9.17, 15) is 9.18 Å². The van der Waals surface area contributed by atoms with Crippen LogP contribution in [0.25, 0.3) is 0 Å². The average Bonchev–Trinajstić information content (AvgIpc) is 2.97. The van der Waals surface area contributed by atoms with E-state index in [4.69, 9.17) is 0 Å². The second-order valence-electron chi connectivity index (χ2n) is 5.31. The molecule has 0 spiro atoms. The molecule has 0 bridgehead atoms. The highest BCUT2D eigenvalue weighted by Crippen LogP contribution is 2.11. The highest BCUT2D eigenvalue weighted by atomic mass is 19.1. The summed E-state index contributed by atoms with van der Waals surface area (Å²) in [6.45, 7) is 2.28. The van der Waals surface area contributed by atoms with Crippen LogP contribution in [0.3, 0.4) is 0 Å². The van der Waals surface area contributed by atoms with E-state index < -0.39 is 0 Å². The van der Waals surface area contributed by atoms with Crippen molar-refractivity contribution in [1.82, 2.24) is 9.78 Å². The van der Waals surface area contributed by atoms with E-state index in [0.717, 1.165) is 5.56 Å². The highest BCUT2D eigenvalue weighted by molar-refractivity contribution is 6.03. The van der Waals surface area contributed by atoms with Crippen molar-refractivity contribution in [1.29, 1.82) is 0 Å². The molecule has 23 heavy (non-hydrogen) atoms. The third-order valence-corrected chi connectivity index (χ3v) is 3.49. The van der Waals surface area contributed by atoms with Gasteiger partial charge in [0.05, 0.1) is 6.54 Å². The minimum Gasteiger partial charge on any atom is -0.305 e. The number of nitrogens with zero attached hydrogens (tertiary/aromatic N) is 2. The van der Waals surface area contributed by atoms with Crippen LogP contribution >= 0.6 is 0 Å². The van der Waals surface area contributed by atoms with Crippen LogP contribution in [-0.4, -0.2) is 15.7 Å². The van der Waals surface area contributed by atoms with Crippen molar-refractivity contribution in [3.05, 3.63) is 83.3 Å². The van der Waals surface area contributed by atoms with E-state index in [0.29, 0.717) is 23.5 Å². The number of aromatic nitrogens is 2. The van der Waals surface area contributed by atoms with Crippen LogP contribution in [-0.2, 0) is 6.54 Å². The van der Waals surface area contributed by atoms with Crippen molar-refractivity contribution in [2.75, 3.05) is 5.32 Å². The average molecular weight is 309 g/mol. The fourth-order valence-corrected chi connectivity index (χ4v) is 2.21.